The number of amides is 1. The van der Waals surface area contributed by atoms with E-state index in [2.05, 4.69) is 10.2 Å². The molecule has 1 fully saturated rings. The van der Waals surface area contributed by atoms with Crippen LogP contribution in [0.3, 0.4) is 0 Å². The summed E-state index contributed by atoms with van der Waals surface area (Å²) in [5.41, 5.74) is 3.39. The zero-order valence-corrected chi connectivity index (χ0v) is 14.6. The lowest BCUT2D eigenvalue weighted by Gasteiger charge is -2.30. The first-order chi connectivity index (χ1) is 12.1. The molecule has 1 amide bonds. The van der Waals surface area contributed by atoms with Crippen molar-refractivity contribution in [1.82, 2.24) is 15.1 Å². The Morgan fingerprint density at radius 1 is 1.24 bits per heavy atom. The van der Waals surface area contributed by atoms with E-state index < -0.39 is 0 Å². The van der Waals surface area contributed by atoms with Crippen LogP contribution in [0, 0.1) is 12.8 Å². The number of carbonyl (C=O) groups excluding carboxylic acids is 2. The van der Waals surface area contributed by atoms with Crippen molar-refractivity contribution in [2.45, 2.75) is 26.7 Å². The Morgan fingerprint density at radius 2 is 1.92 bits per heavy atom. The van der Waals surface area contributed by atoms with E-state index in [0.717, 1.165) is 11.3 Å². The number of likely N-dealkylation sites (tertiary alicyclic amines) is 1. The van der Waals surface area contributed by atoms with Crippen molar-refractivity contribution in [3.05, 3.63) is 41.6 Å². The van der Waals surface area contributed by atoms with Crippen LogP contribution in [0.4, 0.5) is 0 Å². The number of nitrogens with zero attached hydrogens (tertiary/aromatic N) is 2. The highest BCUT2D eigenvalue weighted by molar-refractivity contribution is 5.93. The predicted molar refractivity (Wildman–Crippen MR) is 94.0 cm³/mol. The van der Waals surface area contributed by atoms with Gasteiger partial charge in [-0.3, -0.25) is 14.7 Å². The summed E-state index contributed by atoms with van der Waals surface area (Å²) in [6.07, 6.45) is 1.28. The van der Waals surface area contributed by atoms with Crippen LogP contribution in [0.5, 0.6) is 0 Å². The highest BCUT2D eigenvalue weighted by atomic mass is 16.5. The van der Waals surface area contributed by atoms with Crippen LogP contribution in [-0.4, -0.2) is 46.7 Å². The molecule has 1 saturated heterocycles. The van der Waals surface area contributed by atoms with Crippen molar-refractivity contribution in [3.63, 3.8) is 0 Å². The second kappa shape index (κ2) is 7.51. The Labute approximate surface area is 147 Å². The number of ether oxygens (including phenoxy) is 1. The predicted octanol–water partition coefficient (Wildman–Crippen LogP) is 2.80. The molecule has 0 radical (unpaired) electrons. The normalized spacial score (nSPS) is 15.2. The van der Waals surface area contributed by atoms with Gasteiger partial charge in [0.05, 0.1) is 18.2 Å². The molecule has 132 valence electrons. The summed E-state index contributed by atoms with van der Waals surface area (Å²) in [6, 6.07) is 9.80. The minimum absolute atomic E-state index is 0.0758. The molecule has 6 nitrogen and oxygen atoms in total. The van der Waals surface area contributed by atoms with Crippen molar-refractivity contribution >= 4 is 11.9 Å². The summed E-state index contributed by atoms with van der Waals surface area (Å²) < 4.78 is 5.06. The number of aryl methyl sites for hydroxylation is 1. The highest BCUT2D eigenvalue weighted by Crippen LogP contribution is 2.22. The van der Waals surface area contributed by atoms with E-state index in [1.54, 1.807) is 17.9 Å². The molecule has 0 spiro atoms. The molecule has 0 aliphatic carbocycles. The lowest BCUT2D eigenvalue weighted by Crippen LogP contribution is -2.40. The van der Waals surface area contributed by atoms with E-state index in [9.17, 15) is 9.59 Å². The first-order valence-electron chi connectivity index (χ1n) is 8.67. The SMILES string of the molecule is CCOC(=O)C1CCN(C(=O)c2cc(-c3ccc(C)cc3)n[nH]2)CC1. The molecule has 0 bridgehead atoms. The van der Waals surface area contributed by atoms with Gasteiger partial charge < -0.3 is 9.64 Å². The van der Waals surface area contributed by atoms with Gasteiger partial charge in [-0.1, -0.05) is 29.8 Å². The lowest BCUT2D eigenvalue weighted by atomic mass is 9.97. The monoisotopic (exact) mass is 341 g/mol. The van der Waals surface area contributed by atoms with Gasteiger partial charge >= 0.3 is 5.97 Å². The lowest BCUT2D eigenvalue weighted by molar-refractivity contribution is -0.149. The van der Waals surface area contributed by atoms with Gasteiger partial charge in [-0.05, 0) is 32.8 Å². The van der Waals surface area contributed by atoms with Crippen LogP contribution >= 0.6 is 0 Å². The second-order valence-corrected chi connectivity index (χ2v) is 6.35. The van der Waals surface area contributed by atoms with Crippen molar-refractivity contribution < 1.29 is 14.3 Å². The molecule has 1 aromatic heterocycles. The van der Waals surface area contributed by atoms with Gasteiger partial charge in [0, 0.05) is 18.7 Å². The van der Waals surface area contributed by atoms with Crippen molar-refractivity contribution in [3.8, 4) is 11.3 Å². The van der Waals surface area contributed by atoms with Gasteiger partial charge in [-0.2, -0.15) is 5.10 Å². The molecule has 0 saturated carbocycles. The summed E-state index contributed by atoms with van der Waals surface area (Å²) in [5.74, 6) is -0.333. The maximum absolute atomic E-state index is 12.6. The maximum atomic E-state index is 12.6. The van der Waals surface area contributed by atoms with Crippen LogP contribution in [0.2, 0.25) is 0 Å². The standard InChI is InChI=1S/C19H23N3O3/c1-3-25-19(24)15-8-10-22(11-9-15)18(23)17-12-16(20-21-17)14-6-4-13(2)5-7-14/h4-7,12,15H,3,8-11H2,1-2H3,(H,20,21). The molecule has 1 aliphatic rings. The zero-order valence-electron chi connectivity index (χ0n) is 14.6. The maximum Gasteiger partial charge on any atom is 0.309 e. The van der Waals surface area contributed by atoms with E-state index in [0.29, 0.717) is 38.2 Å². The Balaban J connectivity index is 1.63. The number of hydrogen-bond donors (Lipinski definition) is 1. The molecule has 0 atom stereocenters. The van der Waals surface area contributed by atoms with E-state index in [1.807, 2.05) is 31.2 Å². The fourth-order valence-corrected chi connectivity index (χ4v) is 3.05. The third-order valence-corrected chi connectivity index (χ3v) is 4.56. The Morgan fingerprint density at radius 3 is 2.56 bits per heavy atom. The number of esters is 1. The van der Waals surface area contributed by atoms with E-state index >= 15 is 0 Å². The fraction of sp³-hybridized carbons (Fsp3) is 0.421. The Bertz CT molecular complexity index is 744. The van der Waals surface area contributed by atoms with Crippen LogP contribution in [0.15, 0.2) is 30.3 Å². The number of rotatable bonds is 4. The number of hydrogen-bond acceptors (Lipinski definition) is 4. The largest absolute Gasteiger partial charge is 0.466 e. The molecule has 1 aliphatic heterocycles. The number of nitrogens with one attached hydrogen (secondary N) is 1. The number of benzene rings is 1. The van der Waals surface area contributed by atoms with Gasteiger partial charge in [0.25, 0.3) is 5.91 Å². The average molecular weight is 341 g/mol. The summed E-state index contributed by atoms with van der Waals surface area (Å²) in [4.78, 5) is 26.2. The smallest absolute Gasteiger partial charge is 0.309 e. The zero-order chi connectivity index (χ0) is 17.8. The molecule has 0 unspecified atom stereocenters. The van der Waals surface area contributed by atoms with Crippen LogP contribution in [0.1, 0.15) is 35.8 Å². The Hall–Kier alpha value is -2.63. The van der Waals surface area contributed by atoms with Crippen molar-refractivity contribution in [2.24, 2.45) is 5.92 Å². The minimum Gasteiger partial charge on any atom is -0.466 e. The van der Waals surface area contributed by atoms with Gasteiger partial charge in [0.15, 0.2) is 0 Å². The molecular weight excluding hydrogens is 318 g/mol. The molecule has 6 heteroatoms. The number of carbonyl (C=O) groups is 2. The molecular formula is C19H23N3O3. The van der Waals surface area contributed by atoms with Crippen LogP contribution in [0.25, 0.3) is 11.3 Å². The quantitative estimate of drug-likeness (QED) is 0.868. The minimum atomic E-state index is -0.155. The van der Waals surface area contributed by atoms with Crippen LogP contribution in [-0.2, 0) is 9.53 Å². The first kappa shape index (κ1) is 17.2. The first-order valence-corrected chi connectivity index (χ1v) is 8.67. The van der Waals surface area contributed by atoms with Crippen LogP contribution < -0.4 is 0 Å². The van der Waals surface area contributed by atoms with Gasteiger partial charge in [0.2, 0.25) is 0 Å². The Kier molecular flexibility index (Phi) is 5.16. The topological polar surface area (TPSA) is 75.3 Å². The molecule has 25 heavy (non-hydrogen) atoms. The number of aromatic nitrogens is 2. The number of H-pyrrole nitrogens is 1. The molecule has 2 aromatic rings. The van der Waals surface area contributed by atoms with E-state index in [1.165, 1.54) is 5.56 Å². The highest BCUT2D eigenvalue weighted by Gasteiger charge is 2.29. The van der Waals surface area contributed by atoms with Gasteiger partial charge in [-0.25, -0.2) is 0 Å². The summed E-state index contributed by atoms with van der Waals surface area (Å²) in [5, 5.41) is 7.09. The van der Waals surface area contributed by atoms with Crippen molar-refractivity contribution in [2.75, 3.05) is 19.7 Å². The molecule has 2 heterocycles. The van der Waals surface area contributed by atoms with Crippen molar-refractivity contribution in [1.29, 1.82) is 0 Å². The third-order valence-electron chi connectivity index (χ3n) is 4.56. The molecule has 1 N–H and O–H groups in total. The number of aromatic amines is 1. The molecule has 1 aromatic carbocycles. The number of piperidine rings is 1. The van der Waals surface area contributed by atoms with E-state index in [4.69, 9.17) is 4.74 Å². The third kappa shape index (κ3) is 3.90. The summed E-state index contributed by atoms with van der Waals surface area (Å²) in [6.45, 7) is 5.35. The average Bonchev–Trinajstić information content (AvgIpc) is 3.12. The van der Waals surface area contributed by atoms with E-state index in [-0.39, 0.29) is 17.8 Å². The fourth-order valence-electron chi connectivity index (χ4n) is 3.05. The second-order valence-electron chi connectivity index (χ2n) is 6.35. The van der Waals surface area contributed by atoms with Gasteiger partial charge in [-0.15, -0.1) is 0 Å². The molecule has 3 rings (SSSR count). The summed E-state index contributed by atoms with van der Waals surface area (Å²) in [7, 11) is 0. The summed E-state index contributed by atoms with van der Waals surface area (Å²) >= 11 is 0. The van der Waals surface area contributed by atoms with Gasteiger partial charge in [0.1, 0.15) is 5.69 Å².